The third-order valence-corrected chi connectivity index (χ3v) is 4.79. The van der Waals surface area contributed by atoms with Gasteiger partial charge in [0.2, 0.25) is 5.91 Å². The molecule has 1 atom stereocenters. The van der Waals surface area contributed by atoms with E-state index in [-0.39, 0.29) is 22.4 Å². The van der Waals surface area contributed by atoms with Crippen molar-refractivity contribution in [2.24, 2.45) is 11.5 Å². The molecule has 0 spiro atoms. The highest BCUT2D eigenvalue weighted by atomic mass is 35.5. The zero-order valence-corrected chi connectivity index (χ0v) is 18.0. The highest BCUT2D eigenvalue weighted by molar-refractivity contribution is 6.32. The van der Waals surface area contributed by atoms with Crippen LogP contribution in [0.3, 0.4) is 0 Å². The predicted octanol–water partition coefficient (Wildman–Crippen LogP) is 3.14. The van der Waals surface area contributed by atoms with Gasteiger partial charge in [0.1, 0.15) is 5.75 Å². The number of carbonyl (C=O) groups is 1. The Morgan fingerprint density at radius 1 is 1.07 bits per heavy atom. The van der Waals surface area contributed by atoms with E-state index in [2.05, 4.69) is 47.0 Å². The topological polar surface area (TPSA) is 113 Å². The summed E-state index contributed by atoms with van der Waals surface area (Å²) in [6.45, 7) is 4.61. The van der Waals surface area contributed by atoms with Crippen molar-refractivity contribution in [3.05, 3.63) is 76.3 Å². The van der Waals surface area contributed by atoms with Gasteiger partial charge in [-0.05, 0) is 54.1 Å². The molecule has 0 fully saturated rings. The zero-order chi connectivity index (χ0) is 22.1. The smallest absolute Gasteiger partial charge is 0.248 e. The molecule has 7 heteroatoms. The highest BCUT2D eigenvalue weighted by Crippen LogP contribution is 2.24. The Balaban J connectivity index is 0.000000248. The first kappa shape index (κ1) is 23.6. The molecule has 0 saturated carbocycles. The molecule has 1 amide bonds. The summed E-state index contributed by atoms with van der Waals surface area (Å²) < 4.78 is 0. The monoisotopic (exact) mass is 428 g/mol. The van der Waals surface area contributed by atoms with Crippen LogP contribution in [0.4, 0.5) is 0 Å². The van der Waals surface area contributed by atoms with Crippen molar-refractivity contribution in [2.45, 2.75) is 26.1 Å². The van der Waals surface area contributed by atoms with Crippen LogP contribution < -0.4 is 22.1 Å². The number of phenolic OH excluding ortho intramolecular Hbond substituents is 1. The summed E-state index contributed by atoms with van der Waals surface area (Å²) in [7, 11) is 1.98. The molecule has 6 nitrogen and oxygen atoms in total. The van der Waals surface area contributed by atoms with Gasteiger partial charge >= 0.3 is 0 Å². The minimum absolute atomic E-state index is 0.0586. The minimum Gasteiger partial charge on any atom is -0.506 e. The van der Waals surface area contributed by atoms with Crippen LogP contribution in [0.2, 0.25) is 5.02 Å². The highest BCUT2D eigenvalue weighted by Gasteiger charge is 2.05. The van der Waals surface area contributed by atoms with Gasteiger partial charge in [-0.1, -0.05) is 48.0 Å². The molecule has 1 unspecified atom stereocenters. The summed E-state index contributed by atoms with van der Waals surface area (Å²) >= 11 is 5.50. The molecular weight excluding hydrogens is 400 g/mol. The normalized spacial score (nSPS) is 11.6. The van der Waals surface area contributed by atoms with Crippen molar-refractivity contribution >= 4 is 28.3 Å². The lowest BCUT2D eigenvalue weighted by Crippen LogP contribution is -2.30. The molecule has 0 heterocycles. The van der Waals surface area contributed by atoms with Crippen LogP contribution in [0.25, 0.3) is 10.8 Å². The second kappa shape index (κ2) is 11.5. The molecule has 0 bridgehead atoms. The van der Waals surface area contributed by atoms with E-state index >= 15 is 0 Å². The molecule has 0 aromatic heterocycles. The second-order valence-electron chi connectivity index (χ2n) is 7.10. The van der Waals surface area contributed by atoms with E-state index < -0.39 is 5.91 Å². The lowest BCUT2D eigenvalue weighted by molar-refractivity contribution is 0.100. The Morgan fingerprint density at radius 3 is 2.17 bits per heavy atom. The largest absolute Gasteiger partial charge is 0.506 e. The van der Waals surface area contributed by atoms with Crippen LogP contribution in [0, 0.1) is 0 Å². The summed E-state index contributed by atoms with van der Waals surface area (Å²) in [4.78, 5) is 10.5. The van der Waals surface area contributed by atoms with Gasteiger partial charge < -0.3 is 27.2 Å². The zero-order valence-electron chi connectivity index (χ0n) is 17.3. The Hall–Kier alpha value is -2.64. The van der Waals surface area contributed by atoms with E-state index in [4.69, 9.17) is 28.2 Å². The Labute approximate surface area is 182 Å². The lowest BCUT2D eigenvalue weighted by Gasteiger charge is -2.13. The van der Waals surface area contributed by atoms with E-state index in [9.17, 15) is 4.79 Å². The number of fused-ring (bicyclic) bond motifs is 1. The summed E-state index contributed by atoms with van der Waals surface area (Å²) in [5.74, 6) is -0.622. The van der Waals surface area contributed by atoms with Crippen LogP contribution in [0.15, 0.2) is 54.6 Å². The Morgan fingerprint density at radius 2 is 1.67 bits per heavy atom. The maximum absolute atomic E-state index is 10.5. The number of carbonyl (C=O) groups excluding carboxylic acids is 1. The van der Waals surface area contributed by atoms with E-state index in [0.717, 1.165) is 19.6 Å². The molecule has 0 aliphatic heterocycles. The number of nitrogens with two attached hydrogens (primary N) is 2. The van der Waals surface area contributed by atoms with Gasteiger partial charge in [0.05, 0.1) is 5.02 Å². The molecule has 3 rings (SSSR count). The van der Waals surface area contributed by atoms with E-state index in [1.54, 1.807) is 0 Å². The van der Waals surface area contributed by atoms with Gasteiger partial charge in [-0.15, -0.1) is 0 Å². The van der Waals surface area contributed by atoms with Gasteiger partial charge in [0, 0.05) is 31.2 Å². The molecule has 7 N–H and O–H groups in total. The van der Waals surface area contributed by atoms with Gasteiger partial charge in [-0.2, -0.15) is 0 Å². The average molecular weight is 429 g/mol. The first-order chi connectivity index (χ1) is 14.3. The first-order valence-electron chi connectivity index (χ1n) is 9.72. The number of primary amides is 1. The van der Waals surface area contributed by atoms with Crippen LogP contribution in [-0.4, -0.2) is 30.6 Å². The van der Waals surface area contributed by atoms with Crippen LogP contribution >= 0.6 is 11.6 Å². The van der Waals surface area contributed by atoms with Gasteiger partial charge in [0.15, 0.2) is 0 Å². The first-order valence-corrected chi connectivity index (χ1v) is 10.1. The molecule has 30 heavy (non-hydrogen) atoms. The third-order valence-electron chi connectivity index (χ3n) is 4.49. The quantitative estimate of drug-likeness (QED) is 0.396. The van der Waals surface area contributed by atoms with E-state index in [0.29, 0.717) is 0 Å². The molecule has 3 aromatic rings. The van der Waals surface area contributed by atoms with E-state index in [1.807, 2.05) is 14.0 Å². The van der Waals surface area contributed by atoms with Crippen molar-refractivity contribution in [2.75, 3.05) is 13.6 Å². The fraction of sp³-hybridized carbons (Fsp3) is 0.261. The summed E-state index contributed by atoms with van der Waals surface area (Å²) in [5.41, 5.74) is 13.7. The average Bonchev–Trinajstić information content (AvgIpc) is 2.72. The van der Waals surface area contributed by atoms with Gasteiger partial charge in [0.25, 0.3) is 0 Å². The molecular formula is C23H29ClN4O2. The minimum atomic E-state index is -0.563. The molecule has 160 valence electrons. The predicted molar refractivity (Wildman–Crippen MR) is 124 cm³/mol. The molecule has 0 radical (unpaired) electrons. The number of hydrogen-bond donors (Lipinski definition) is 5. The Kier molecular flexibility index (Phi) is 9.08. The number of phenols is 1. The SMILES string of the molecule is CNCc1ccc(CNCC(C)N)c2ccccc12.NC(=O)c1ccc(O)c(Cl)c1. The Bertz CT molecular complexity index is 992. The third kappa shape index (κ3) is 6.71. The number of halogens is 1. The van der Waals surface area contributed by atoms with Crippen LogP contribution in [-0.2, 0) is 13.1 Å². The fourth-order valence-electron chi connectivity index (χ4n) is 3.02. The van der Waals surface area contributed by atoms with Gasteiger partial charge in [-0.3, -0.25) is 4.79 Å². The number of aromatic hydroxyl groups is 1. The van der Waals surface area contributed by atoms with Crippen molar-refractivity contribution in [3.8, 4) is 5.75 Å². The number of amides is 1. The van der Waals surface area contributed by atoms with Crippen LogP contribution in [0.1, 0.15) is 28.4 Å². The maximum atomic E-state index is 10.5. The molecule has 0 aliphatic carbocycles. The number of hydrogen-bond acceptors (Lipinski definition) is 5. The van der Waals surface area contributed by atoms with E-state index in [1.165, 1.54) is 40.1 Å². The summed E-state index contributed by atoms with van der Waals surface area (Å²) in [6, 6.07) is 17.2. The van der Waals surface area contributed by atoms with Gasteiger partial charge in [-0.25, -0.2) is 0 Å². The number of nitrogens with one attached hydrogen (secondary N) is 2. The standard InChI is InChI=1S/C16H23N3.C7H6ClNO2/c1-12(17)9-19-11-14-8-7-13(10-18-2)15-5-3-4-6-16(14)15;8-5-3-4(7(9)11)1-2-6(5)10/h3-8,12,18-19H,9-11,17H2,1-2H3;1-3,10H,(H2,9,11). The maximum Gasteiger partial charge on any atom is 0.248 e. The second-order valence-corrected chi connectivity index (χ2v) is 7.51. The fourth-order valence-corrected chi connectivity index (χ4v) is 3.20. The lowest BCUT2D eigenvalue weighted by atomic mass is 9.99. The van der Waals surface area contributed by atoms with Crippen molar-refractivity contribution < 1.29 is 9.90 Å². The number of rotatable bonds is 7. The number of benzene rings is 3. The molecule has 0 saturated heterocycles. The van der Waals surface area contributed by atoms with Crippen molar-refractivity contribution in [3.63, 3.8) is 0 Å². The summed E-state index contributed by atoms with van der Waals surface area (Å²) in [5, 5.41) is 18.4. The molecule has 0 aliphatic rings. The van der Waals surface area contributed by atoms with Crippen molar-refractivity contribution in [1.82, 2.24) is 10.6 Å². The van der Waals surface area contributed by atoms with Crippen molar-refractivity contribution in [1.29, 1.82) is 0 Å². The molecule has 3 aromatic carbocycles. The summed E-state index contributed by atoms with van der Waals surface area (Å²) in [6.07, 6.45) is 0. The van der Waals surface area contributed by atoms with Crippen LogP contribution in [0.5, 0.6) is 5.75 Å².